The van der Waals surface area contributed by atoms with Crippen molar-refractivity contribution in [2.45, 2.75) is 25.7 Å². The van der Waals surface area contributed by atoms with Gasteiger partial charge in [-0.2, -0.15) is 0 Å². The molecule has 0 amide bonds. The predicted molar refractivity (Wildman–Crippen MR) is 119 cm³/mol. The molecule has 150 valence electrons. The second-order valence-corrected chi connectivity index (χ2v) is 6.93. The Morgan fingerprint density at radius 3 is 2.93 bits per heavy atom. The Labute approximate surface area is 177 Å². The highest BCUT2D eigenvalue weighted by atomic mass is 127. The van der Waals surface area contributed by atoms with Crippen LogP contribution < -0.4 is 10.6 Å². The minimum atomic E-state index is 0. The van der Waals surface area contributed by atoms with Crippen molar-refractivity contribution >= 4 is 41.0 Å². The maximum atomic E-state index is 9.31. The lowest BCUT2D eigenvalue weighted by Gasteiger charge is -2.27. The van der Waals surface area contributed by atoms with Gasteiger partial charge in [0.05, 0.1) is 17.6 Å². The van der Waals surface area contributed by atoms with E-state index < -0.39 is 0 Å². The van der Waals surface area contributed by atoms with Crippen molar-refractivity contribution < 1.29 is 9.84 Å². The summed E-state index contributed by atoms with van der Waals surface area (Å²) in [5.74, 6) is 1.81. The number of fused-ring (bicyclic) bond motifs is 1. The Morgan fingerprint density at radius 2 is 2.22 bits per heavy atom. The number of guanidine groups is 1. The molecule has 1 aromatic carbocycles. The lowest BCUT2D eigenvalue weighted by atomic mass is 9.84. The Morgan fingerprint density at radius 1 is 1.37 bits per heavy atom. The number of hydrogen-bond acceptors (Lipinski definition) is 4. The van der Waals surface area contributed by atoms with Gasteiger partial charge < -0.3 is 25.5 Å². The minimum Gasteiger partial charge on any atom is -0.396 e. The molecule has 0 aliphatic carbocycles. The monoisotopic (exact) mass is 487 g/mol. The van der Waals surface area contributed by atoms with Gasteiger partial charge in [0.1, 0.15) is 5.82 Å². The van der Waals surface area contributed by atoms with Gasteiger partial charge >= 0.3 is 0 Å². The van der Waals surface area contributed by atoms with Gasteiger partial charge in [0.2, 0.25) is 0 Å². The summed E-state index contributed by atoms with van der Waals surface area (Å²) in [6, 6.07) is 8.09. The summed E-state index contributed by atoms with van der Waals surface area (Å²) in [5, 5.41) is 16.0. The molecule has 2 heterocycles. The fourth-order valence-corrected chi connectivity index (χ4v) is 3.39. The number of nitrogens with one attached hydrogen (secondary N) is 3. The van der Waals surface area contributed by atoms with E-state index >= 15 is 0 Å². The van der Waals surface area contributed by atoms with E-state index in [2.05, 4.69) is 25.6 Å². The van der Waals surface area contributed by atoms with E-state index in [0.717, 1.165) is 68.2 Å². The van der Waals surface area contributed by atoms with Crippen LogP contribution in [-0.4, -0.2) is 61.0 Å². The molecular weight excluding hydrogens is 457 g/mol. The molecule has 1 aliphatic rings. The molecule has 1 saturated heterocycles. The fraction of sp³-hybridized carbons (Fsp3) is 0.579. The van der Waals surface area contributed by atoms with Crippen LogP contribution in [0.4, 0.5) is 0 Å². The maximum absolute atomic E-state index is 9.31. The molecule has 1 atom stereocenters. The molecule has 4 N–H and O–H groups in total. The number of nitrogens with zero attached hydrogens (tertiary/aromatic N) is 2. The van der Waals surface area contributed by atoms with Crippen LogP contribution in [0.2, 0.25) is 0 Å². The molecule has 1 aliphatic heterocycles. The number of aliphatic hydroxyl groups excluding tert-OH is 1. The molecule has 2 aromatic rings. The first-order valence-electron chi connectivity index (χ1n) is 9.31. The smallest absolute Gasteiger partial charge is 0.190 e. The Bertz CT molecular complexity index is 695. The zero-order chi connectivity index (χ0) is 18.2. The molecule has 1 aromatic heterocycles. The summed E-state index contributed by atoms with van der Waals surface area (Å²) in [6.07, 6.45) is 3.58. The first-order valence-corrected chi connectivity index (χ1v) is 9.31. The molecule has 7 nitrogen and oxygen atoms in total. The normalized spacial score (nSPS) is 19.9. The standard InChI is InChI=1S/C19H29N5O2.HI/c1-20-18(22-13-19(8-11-25)9-12-26-14-19)21-10-4-7-17-23-15-5-2-3-6-16(15)24-17;/h2-3,5-6,25H,4,7-14H2,1H3,(H,23,24)(H2,20,21,22);1H. The van der Waals surface area contributed by atoms with Crippen LogP contribution in [0.15, 0.2) is 29.3 Å². The number of aryl methyl sites for hydroxylation is 1. The van der Waals surface area contributed by atoms with Gasteiger partial charge in [-0.25, -0.2) is 4.98 Å². The van der Waals surface area contributed by atoms with E-state index in [4.69, 9.17) is 4.74 Å². The number of aromatic nitrogens is 2. The predicted octanol–water partition coefficient (Wildman–Crippen LogP) is 2.07. The third-order valence-electron chi connectivity index (χ3n) is 5.00. The van der Waals surface area contributed by atoms with E-state index in [1.54, 1.807) is 7.05 Å². The second kappa shape index (κ2) is 10.8. The average Bonchev–Trinajstić information content (AvgIpc) is 3.28. The van der Waals surface area contributed by atoms with Crippen molar-refractivity contribution in [2.24, 2.45) is 10.4 Å². The molecule has 0 saturated carbocycles. The quantitative estimate of drug-likeness (QED) is 0.198. The van der Waals surface area contributed by atoms with E-state index in [9.17, 15) is 5.11 Å². The number of halogens is 1. The summed E-state index contributed by atoms with van der Waals surface area (Å²) in [7, 11) is 1.78. The minimum absolute atomic E-state index is 0. The largest absolute Gasteiger partial charge is 0.396 e. The summed E-state index contributed by atoms with van der Waals surface area (Å²) >= 11 is 0. The van der Waals surface area contributed by atoms with E-state index in [1.165, 1.54) is 0 Å². The number of rotatable bonds is 8. The molecule has 0 spiro atoms. The highest BCUT2D eigenvalue weighted by Crippen LogP contribution is 2.31. The van der Waals surface area contributed by atoms with Crippen molar-refractivity contribution in [3.05, 3.63) is 30.1 Å². The molecule has 1 fully saturated rings. The van der Waals surface area contributed by atoms with Crippen LogP contribution in [0.3, 0.4) is 0 Å². The fourth-order valence-electron chi connectivity index (χ4n) is 3.39. The number of benzene rings is 1. The van der Waals surface area contributed by atoms with Crippen LogP contribution in [0.1, 0.15) is 25.1 Å². The van der Waals surface area contributed by atoms with Gasteiger partial charge in [-0.3, -0.25) is 4.99 Å². The van der Waals surface area contributed by atoms with Crippen LogP contribution in [0.25, 0.3) is 11.0 Å². The SMILES string of the molecule is CN=C(NCCCc1nc2ccccc2[nH]1)NCC1(CCO)CCOC1.I. The lowest BCUT2D eigenvalue weighted by Crippen LogP contribution is -2.44. The topological polar surface area (TPSA) is 94.6 Å². The number of para-hydroxylation sites is 2. The zero-order valence-corrected chi connectivity index (χ0v) is 18.2. The third kappa shape index (κ3) is 6.05. The van der Waals surface area contributed by atoms with Gasteiger partial charge in [0.25, 0.3) is 0 Å². The zero-order valence-electron chi connectivity index (χ0n) is 15.8. The maximum Gasteiger partial charge on any atom is 0.190 e. The summed E-state index contributed by atoms with van der Waals surface area (Å²) in [4.78, 5) is 12.2. The van der Waals surface area contributed by atoms with Gasteiger partial charge in [0, 0.05) is 45.2 Å². The lowest BCUT2D eigenvalue weighted by molar-refractivity contribution is 0.127. The number of hydrogen-bond donors (Lipinski definition) is 4. The van der Waals surface area contributed by atoms with Crippen LogP contribution in [-0.2, 0) is 11.2 Å². The van der Waals surface area contributed by atoms with Gasteiger partial charge in [-0.05, 0) is 31.4 Å². The van der Waals surface area contributed by atoms with Crippen LogP contribution in [0.5, 0.6) is 0 Å². The van der Waals surface area contributed by atoms with E-state index in [0.29, 0.717) is 6.61 Å². The Kier molecular flexibility index (Phi) is 8.78. The number of aliphatic imine (C=N–C) groups is 1. The first-order chi connectivity index (χ1) is 12.7. The van der Waals surface area contributed by atoms with E-state index in [-0.39, 0.29) is 36.0 Å². The Hall–Kier alpha value is -1.39. The van der Waals surface area contributed by atoms with Crippen molar-refractivity contribution in [1.29, 1.82) is 0 Å². The molecule has 3 rings (SSSR count). The average molecular weight is 487 g/mol. The van der Waals surface area contributed by atoms with Crippen LogP contribution in [0, 0.1) is 5.41 Å². The number of aliphatic hydroxyl groups is 1. The molecular formula is C19H30IN5O2. The number of ether oxygens (including phenoxy) is 1. The number of aromatic amines is 1. The summed E-state index contributed by atoms with van der Waals surface area (Å²) in [6.45, 7) is 3.24. The van der Waals surface area contributed by atoms with Crippen molar-refractivity contribution in [3.63, 3.8) is 0 Å². The molecule has 0 bridgehead atoms. The molecule has 8 heteroatoms. The Balaban J connectivity index is 0.00000261. The van der Waals surface area contributed by atoms with Gasteiger partial charge in [-0.1, -0.05) is 12.1 Å². The summed E-state index contributed by atoms with van der Waals surface area (Å²) in [5.41, 5.74) is 2.11. The van der Waals surface area contributed by atoms with Crippen LogP contribution >= 0.6 is 24.0 Å². The molecule has 1 unspecified atom stereocenters. The second-order valence-electron chi connectivity index (χ2n) is 6.93. The highest BCUT2D eigenvalue weighted by Gasteiger charge is 2.34. The van der Waals surface area contributed by atoms with E-state index in [1.807, 2.05) is 24.3 Å². The third-order valence-corrected chi connectivity index (χ3v) is 5.00. The van der Waals surface area contributed by atoms with Gasteiger partial charge in [0.15, 0.2) is 5.96 Å². The first kappa shape index (κ1) is 21.9. The van der Waals surface area contributed by atoms with Gasteiger partial charge in [-0.15, -0.1) is 24.0 Å². The van der Waals surface area contributed by atoms with Crippen molar-refractivity contribution in [1.82, 2.24) is 20.6 Å². The highest BCUT2D eigenvalue weighted by molar-refractivity contribution is 14.0. The summed E-state index contributed by atoms with van der Waals surface area (Å²) < 4.78 is 5.53. The van der Waals surface area contributed by atoms with Crippen molar-refractivity contribution in [3.8, 4) is 0 Å². The molecule has 0 radical (unpaired) electrons. The number of H-pyrrole nitrogens is 1. The number of imidazole rings is 1. The molecule has 27 heavy (non-hydrogen) atoms. The van der Waals surface area contributed by atoms with Crippen molar-refractivity contribution in [2.75, 3.05) is 40.0 Å².